The van der Waals surface area contributed by atoms with E-state index < -0.39 is 0 Å². The molecular weight excluding hydrogens is 302 g/mol. The predicted molar refractivity (Wildman–Crippen MR) is 60.0 cm³/mol. The fraction of sp³-hybridized carbons (Fsp3) is 0.125. The van der Waals surface area contributed by atoms with E-state index in [1.807, 2.05) is 6.20 Å². The number of fused-ring (bicyclic) bond motifs is 1. The second-order valence-electron chi connectivity index (χ2n) is 2.44. The average molecular weight is 307 g/mol. The van der Waals surface area contributed by atoms with E-state index in [-0.39, 0.29) is 0 Å². The quantitative estimate of drug-likeness (QED) is 0.727. The van der Waals surface area contributed by atoms with Gasteiger partial charge in [-0.15, -0.1) is 0 Å². The van der Waals surface area contributed by atoms with Crippen molar-refractivity contribution < 1.29 is 0 Å². The Hall–Kier alpha value is 0.0700. The molecule has 1 heterocycles. The highest BCUT2D eigenvalue weighted by Gasteiger charge is 2.03. The van der Waals surface area contributed by atoms with E-state index in [1.165, 1.54) is 15.6 Å². The molecule has 0 unspecified atom stereocenters. The standard InChI is InChI=1S/C8H5Br2NS/c9-3-5-1-7(10)2-6-4-11-12-8(5)6/h1-2,4H,3H2. The van der Waals surface area contributed by atoms with Crippen LogP contribution in [0.4, 0.5) is 0 Å². The van der Waals surface area contributed by atoms with E-state index in [0.717, 1.165) is 9.80 Å². The minimum atomic E-state index is 0.880. The molecule has 0 atom stereocenters. The van der Waals surface area contributed by atoms with Crippen LogP contribution in [-0.2, 0) is 5.33 Å². The zero-order valence-electron chi connectivity index (χ0n) is 6.05. The molecule has 1 aromatic carbocycles. The van der Waals surface area contributed by atoms with E-state index in [9.17, 15) is 0 Å². The summed E-state index contributed by atoms with van der Waals surface area (Å²) in [7, 11) is 0. The maximum Gasteiger partial charge on any atom is 0.0591 e. The van der Waals surface area contributed by atoms with Crippen LogP contribution >= 0.6 is 43.4 Å². The van der Waals surface area contributed by atoms with Gasteiger partial charge in [0.1, 0.15) is 0 Å². The van der Waals surface area contributed by atoms with Gasteiger partial charge in [-0.1, -0.05) is 31.9 Å². The predicted octanol–water partition coefficient (Wildman–Crippen LogP) is 3.95. The van der Waals surface area contributed by atoms with Crippen molar-refractivity contribution in [3.05, 3.63) is 28.4 Å². The molecule has 2 rings (SSSR count). The van der Waals surface area contributed by atoms with Crippen molar-refractivity contribution in [2.75, 3.05) is 0 Å². The number of nitrogens with zero attached hydrogens (tertiary/aromatic N) is 1. The fourth-order valence-corrected chi connectivity index (χ4v) is 3.00. The van der Waals surface area contributed by atoms with Crippen molar-refractivity contribution in [2.24, 2.45) is 0 Å². The molecule has 0 aliphatic heterocycles. The maximum atomic E-state index is 4.15. The summed E-state index contributed by atoms with van der Waals surface area (Å²) in [6, 6.07) is 4.21. The third-order valence-electron chi connectivity index (χ3n) is 1.64. The topological polar surface area (TPSA) is 12.9 Å². The summed E-state index contributed by atoms with van der Waals surface area (Å²) >= 11 is 8.47. The van der Waals surface area contributed by atoms with Crippen LogP contribution in [0.2, 0.25) is 0 Å². The minimum absolute atomic E-state index is 0.880. The zero-order valence-corrected chi connectivity index (χ0v) is 10.0. The van der Waals surface area contributed by atoms with E-state index in [4.69, 9.17) is 0 Å². The largest absolute Gasteiger partial charge is 0.200 e. The van der Waals surface area contributed by atoms with Crippen LogP contribution in [0, 0.1) is 0 Å². The highest BCUT2D eigenvalue weighted by Crippen LogP contribution is 2.28. The Morgan fingerprint density at radius 2 is 2.25 bits per heavy atom. The van der Waals surface area contributed by atoms with Crippen LogP contribution in [0.5, 0.6) is 0 Å². The molecule has 62 valence electrons. The minimum Gasteiger partial charge on any atom is -0.200 e. The lowest BCUT2D eigenvalue weighted by molar-refractivity contribution is 1.49. The van der Waals surface area contributed by atoms with Gasteiger partial charge in [-0.05, 0) is 29.2 Å². The molecule has 0 saturated carbocycles. The first-order chi connectivity index (χ1) is 5.81. The number of halogens is 2. The Morgan fingerprint density at radius 3 is 3.00 bits per heavy atom. The van der Waals surface area contributed by atoms with Crippen molar-refractivity contribution in [3.63, 3.8) is 0 Å². The Balaban J connectivity index is 2.80. The molecular formula is C8H5Br2NS. The molecule has 0 bridgehead atoms. The molecule has 0 N–H and O–H groups in total. The van der Waals surface area contributed by atoms with Gasteiger partial charge in [0.25, 0.3) is 0 Å². The molecule has 0 radical (unpaired) electrons. The number of hydrogen-bond donors (Lipinski definition) is 0. The second kappa shape index (κ2) is 3.44. The van der Waals surface area contributed by atoms with Crippen LogP contribution in [0.15, 0.2) is 22.8 Å². The molecule has 1 nitrogen and oxygen atoms in total. The van der Waals surface area contributed by atoms with Gasteiger partial charge < -0.3 is 0 Å². The monoisotopic (exact) mass is 305 g/mol. The van der Waals surface area contributed by atoms with Crippen molar-refractivity contribution >= 4 is 53.5 Å². The molecule has 2 aromatic rings. The average Bonchev–Trinajstić information content (AvgIpc) is 2.50. The molecule has 0 saturated heterocycles. The summed E-state index contributed by atoms with van der Waals surface area (Å²) in [6.07, 6.45) is 1.90. The van der Waals surface area contributed by atoms with Gasteiger partial charge >= 0.3 is 0 Å². The number of rotatable bonds is 1. The second-order valence-corrected chi connectivity index (χ2v) is 4.72. The van der Waals surface area contributed by atoms with E-state index in [0.29, 0.717) is 0 Å². The normalized spacial score (nSPS) is 10.8. The van der Waals surface area contributed by atoms with Crippen LogP contribution in [0.3, 0.4) is 0 Å². The van der Waals surface area contributed by atoms with Gasteiger partial charge in [0, 0.05) is 21.4 Å². The maximum absolute atomic E-state index is 4.15. The summed E-state index contributed by atoms with van der Waals surface area (Å²) in [5, 5.41) is 2.09. The number of benzene rings is 1. The van der Waals surface area contributed by atoms with Crippen molar-refractivity contribution in [1.82, 2.24) is 4.37 Å². The van der Waals surface area contributed by atoms with Crippen LogP contribution in [0.1, 0.15) is 5.56 Å². The summed E-state index contributed by atoms with van der Waals surface area (Å²) in [6.45, 7) is 0. The summed E-state index contributed by atoms with van der Waals surface area (Å²) in [5.41, 5.74) is 1.29. The van der Waals surface area contributed by atoms with E-state index in [1.54, 1.807) is 11.5 Å². The highest BCUT2D eigenvalue weighted by molar-refractivity contribution is 9.10. The first-order valence-corrected chi connectivity index (χ1v) is 6.09. The van der Waals surface area contributed by atoms with Gasteiger partial charge in [-0.2, -0.15) is 4.37 Å². The molecule has 0 aliphatic carbocycles. The molecule has 0 fully saturated rings. The lowest BCUT2D eigenvalue weighted by atomic mass is 10.2. The molecule has 0 aliphatic rings. The van der Waals surface area contributed by atoms with Gasteiger partial charge in [0.15, 0.2) is 0 Å². The van der Waals surface area contributed by atoms with Crippen molar-refractivity contribution in [2.45, 2.75) is 5.33 Å². The third kappa shape index (κ3) is 1.43. The van der Waals surface area contributed by atoms with Crippen molar-refractivity contribution in [1.29, 1.82) is 0 Å². The summed E-state index contributed by atoms with van der Waals surface area (Å²) in [4.78, 5) is 0. The molecule has 0 amide bonds. The lowest BCUT2D eigenvalue weighted by Crippen LogP contribution is -1.77. The molecule has 0 spiro atoms. The Morgan fingerprint density at radius 1 is 1.42 bits per heavy atom. The van der Waals surface area contributed by atoms with Gasteiger partial charge in [-0.25, -0.2) is 0 Å². The Labute approximate surface area is 91.2 Å². The third-order valence-corrected chi connectivity index (χ3v) is 3.59. The number of hydrogen-bond acceptors (Lipinski definition) is 2. The van der Waals surface area contributed by atoms with E-state index >= 15 is 0 Å². The number of aromatic nitrogens is 1. The van der Waals surface area contributed by atoms with Crippen LogP contribution in [0.25, 0.3) is 10.1 Å². The first kappa shape index (κ1) is 8.66. The van der Waals surface area contributed by atoms with E-state index in [2.05, 4.69) is 48.4 Å². The van der Waals surface area contributed by atoms with Gasteiger partial charge in [0.05, 0.1) is 4.70 Å². The Kier molecular flexibility index (Phi) is 2.48. The zero-order chi connectivity index (χ0) is 8.55. The molecule has 4 heteroatoms. The van der Waals surface area contributed by atoms with Crippen LogP contribution in [-0.4, -0.2) is 4.37 Å². The van der Waals surface area contributed by atoms with Crippen molar-refractivity contribution in [3.8, 4) is 0 Å². The Bertz CT molecular complexity index is 410. The fourth-order valence-electron chi connectivity index (χ4n) is 1.12. The smallest absolute Gasteiger partial charge is 0.0591 e. The van der Waals surface area contributed by atoms with Crippen LogP contribution < -0.4 is 0 Å². The summed E-state index contributed by atoms with van der Waals surface area (Å²) in [5.74, 6) is 0. The molecule has 12 heavy (non-hydrogen) atoms. The SMILES string of the molecule is BrCc1cc(Br)cc2cnsc12. The van der Waals surface area contributed by atoms with Gasteiger partial charge in [0.2, 0.25) is 0 Å². The molecule has 1 aromatic heterocycles. The summed E-state index contributed by atoms with van der Waals surface area (Å²) < 4.78 is 6.54. The first-order valence-electron chi connectivity index (χ1n) is 3.40. The highest BCUT2D eigenvalue weighted by atomic mass is 79.9. The lowest BCUT2D eigenvalue weighted by Gasteiger charge is -1.97. The number of alkyl halides is 1. The van der Waals surface area contributed by atoms with Gasteiger partial charge in [-0.3, -0.25) is 0 Å².